The largest absolute Gasteiger partial charge is 0.395 e. The van der Waals surface area contributed by atoms with Gasteiger partial charge in [0.05, 0.1) is 18.9 Å². The van der Waals surface area contributed by atoms with Crippen LogP contribution < -0.4 is 16.1 Å². The molecule has 0 unspecified atom stereocenters. The molecule has 0 saturated heterocycles. The minimum atomic E-state index is -0.443. The number of anilines is 1. The lowest BCUT2D eigenvalue weighted by Gasteiger charge is -2.27. The van der Waals surface area contributed by atoms with Gasteiger partial charge in [-0.3, -0.25) is 13.9 Å². The second kappa shape index (κ2) is 6.93. The molecule has 2 aromatic rings. The third-order valence-corrected chi connectivity index (χ3v) is 3.95. The van der Waals surface area contributed by atoms with Crippen LogP contribution in [-0.2, 0) is 20.5 Å². The first-order valence-corrected chi connectivity index (χ1v) is 7.52. The van der Waals surface area contributed by atoms with Crippen molar-refractivity contribution in [2.75, 3.05) is 31.2 Å². The van der Waals surface area contributed by atoms with E-state index in [-0.39, 0.29) is 26.3 Å². The van der Waals surface area contributed by atoms with Crippen LogP contribution >= 0.6 is 0 Å². The number of aliphatic hydroxyl groups excluding tert-OH is 2. The molecule has 0 radical (unpaired) electrons. The molecule has 8 heteroatoms. The van der Waals surface area contributed by atoms with E-state index in [1.807, 2.05) is 6.92 Å². The molecule has 2 N–H and O–H groups in total. The van der Waals surface area contributed by atoms with Gasteiger partial charge in [0.25, 0.3) is 5.56 Å². The Morgan fingerprint density at radius 2 is 1.74 bits per heavy atom. The molecule has 23 heavy (non-hydrogen) atoms. The van der Waals surface area contributed by atoms with Crippen molar-refractivity contribution in [3.63, 3.8) is 0 Å². The van der Waals surface area contributed by atoms with Gasteiger partial charge in [-0.15, -0.1) is 0 Å². The van der Waals surface area contributed by atoms with Crippen LogP contribution in [0.15, 0.2) is 15.8 Å². The van der Waals surface area contributed by atoms with Gasteiger partial charge >= 0.3 is 5.69 Å². The summed E-state index contributed by atoms with van der Waals surface area (Å²) < 4.78 is 2.37. The lowest BCUT2D eigenvalue weighted by molar-refractivity contribution is 0.281. The number of aryl methyl sites for hydroxylation is 2. The smallest absolute Gasteiger partial charge is 0.332 e. The molecule has 2 heterocycles. The summed E-state index contributed by atoms with van der Waals surface area (Å²) in [5, 5.41) is 18.9. The highest BCUT2D eigenvalue weighted by Crippen LogP contribution is 2.27. The molecule has 0 amide bonds. The van der Waals surface area contributed by atoms with Crippen LogP contribution in [0.2, 0.25) is 0 Å². The van der Waals surface area contributed by atoms with Gasteiger partial charge in [-0.2, -0.15) is 0 Å². The van der Waals surface area contributed by atoms with Gasteiger partial charge in [-0.05, 0) is 12.0 Å². The number of fused-ring (bicyclic) bond motifs is 1. The Morgan fingerprint density at radius 1 is 1.13 bits per heavy atom. The van der Waals surface area contributed by atoms with Gasteiger partial charge in [0.1, 0.15) is 5.39 Å². The number of pyridine rings is 1. The fourth-order valence-corrected chi connectivity index (χ4v) is 2.75. The average Bonchev–Trinajstić information content (AvgIpc) is 2.56. The van der Waals surface area contributed by atoms with Crippen molar-refractivity contribution in [3.05, 3.63) is 32.6 Å². The number of rotatable bonds is 6. The van der Waals surface area contributed by atoms with Crippen molar-refractivity contribution in [2.45, 2.75) is 13.3 Å². The predicted octanol–water partition coefficient (Wildman–Crippen LogP) is -1.01. The van der Waals surface area contributed by atoms with Crippen LogP contribution in [0.1, 0.15) is 12.5 Å². The van der Waals surface area contributed by atoms with Crippen molar-refractivity contribution in [1.82, 2.24) is 14.1 Å². The summed E-state index contributed by atoms with van der Waals surface area (Å²) in [5.41, 5.74) is 0.876. The maximum atomic E-state index is 12.7. The van der Waals surface area contributed by atoms with E-state index in [1.54, 1.807) is 18.1 Å². The minimum absolute atomic E-state index is 0.112. The fourth-order valence-electron chi connectivity index (χ4n) is 2.75. The molecule has 126 valence electrons. The normalized spacial score (nSPS) is 11.2. The van der Waals surface area contributed by atoms with E-state index in [9.17, 15) is 19.8 Å². The topological polar surface area (TPSA) is 101 Å². The highest BCUT2D eigenvalue weighted by Gasteiger charge is 2.20. The first kappa shape index (κ1) is 17.2. The van der Waals surface area contributed by atoms with Gasteiger partial charge in [0, 0.05) is 33.4 Å². The van der Waals surface area contributed by atoms with Crippen molar-refractivity contribution < 1.29 is 10.2 Å². The number of aliphatic hydroxyl groups is 2. The summed E-state index contributed by atoms with van der Waals surface area (Å²) in [6, 6.07) is 0. The third-order valence-electron chi connectivity index (χ3n) is 3.95. The van der Waals surface area contributed by atoms with E-state index < -0.39 is 11.2 Å². The molecule has 2 aromatic heterocycles. The van der Waals surface area contributed by atoms with Crippen molar-refractivity contribution in [1.29, 1.82) is 0 Å². The molecular weight excluding hydrogens is 300 g/mol. The summed E-state index contributed by atoms with van der Waals surface area (Å²) in [7, 11) is 2.99. The lowest BCUT2D eigenvalue weighted by Crippen LogP contribution is -2.39. The summed E-state index contributed by atoms with van der Waals surface area (Å²) >= 11 is 0. The molecule has 0 bridgehead atoms. The molecule has 0 fully saturated rings. The van der Waals surface area contributed by atoms with Crippen LogP contribution in [0, 0.1) is 0 Å². The van der Waals surface area contributed by atoms with E-state index in [0.717, 1.165) is 10.1 Å². The first-order valence-electron chi connectivity index (χ1n) is 7.52. The summed E-state index contributed by atoms with van der Waals surface area (Å²) in [4.78, 5) is 30.8. The second-order valence-electron chi connectivity index (χ2n) is 5.32. The SMILES string of the molecule is CCc1cnc2c(c1N(CCO)CCO)c(=O)n(C)c(=O)n2C. The quantitative estimate of drug-likeness (QED) is 0.706. The van der Waals surface area contributed by atoms with Crippen molar-refractivity contribution >= 4 is 16.7 Å². The number of hydrogen-bond donors (Lipinski definition) is 2. The molecule has 0 aliphatic rings. The zero-order valence-corrected chi connectivity index (χ0v) is 13.6. The van der Waals surface area contributed by atoms with Crippen molar-refractivity contribution in [3.8, 4) is 0 Å². The molecular formula is C15H22N4O4. The predicted molar refractivity (Wildman–Crippen MR) is 88.0 cm³/mol. The van der Waals surface area contributed by atoms with E-state index >= 15 is 0 Å². The Morgan fingerprint density at radius 3 is 2.26 bits per heavy atom. The molecule has 0 saturated carbocycles. The molecule has 0 aromatic carbocycles. The monoisotopic (exact) mass is 322 g/mol. The van der Waals surface area contributed by atoms with Gasteiger partial charge in [-0.1, -0.05) is 6.92 Å². The van der Waals surface area contributed by atoms with E-state index in [1.165, 1.54) is 11.6 Å². The average molecular weight is 322 g/mol. The molecule has 8 nitrogen and oxygen atoms in total. The van der Waals surface area contributed by atoms with Crippen molar-refractivity contribution in [2.24, 2.45) is 14.1 Å². The number of nitrogens with zero attached hydrogens (tertiary/aromatic N) is 4. The highest BCUT2D eigenvalue weighted by molar-refractivity contribution is 5.90. The zero-order chi connectivity index (χ0) is 17.1. The molecule has 0 aliphatic carbocycles. The minimum Gasteiger partial charge on any atom is -0.395 e. The Balaban J connectivity index is 2.95. The van der Waals surface area contributed by atoms with Crippen LogP contribution in [-0.4, -0.2) is 50.6 Å². The number of aromatic nitrogens is 3. The second-order valence-corrected chi connectivity index (χ2v) is 5.32. The Kier molecular flexibility index (Phi) is 5.17. The van der Waals surface area contributed by atoms with E-state index in [4.69, 9.17) is 0 Å². The fraction of sp³-hybridized carbons (Fsp3) is 0.533. The summed E-state index contributed by atoms with van der Waals surface area (Å²) in [5.74, 6) is 0. The Bertz CT molecular complexity index is 819. The van der Waals surface area contributed by atoms with E-state index in [0.29, 0.717) is 23.1 Å². The van der Waals surface area contributed by atoms with Crippen LogP contribution in [0.3, 0.4) is 0 Å². The van der Waals surface area contributed by atoms with Gasteiger partial charge in [0.2, 0.25) is 0 Å². The number of hydrogen-bond acceptors (Lipinski definition) is 6. The zero-order valence-electron chi connectivity index (χ0n) is 13.6. The Labute approximate surface area is 133 Å². The lowest BCUT2D eigenvalue weighted by atomic mass is 10.1. The first-order chi connectivity index (χ1) is 11.0. The maximum Gasteiger partial charge on any atom is 0.332 e. The van der Waals surface area contributed by atoms with Gasteiger partial charge in [-0.25, -0.2) is 9.78 Å². The molecule has 0 atom stereocenters. The third kappa shape index (κ3) is 2.87. The van der Waals surface area contributed by atoms with Gasteiger partial charge in [0.15, 0.2) is 5.65 Å². The highest BCUT2D eigenvalue weighted by atomic mass is 16.3. The van der Waals surface area contributed by atoms with E-state index in [2.05, 4.69) is 4.98 Å². The standard InChI is InChI=1S/C15H22N4O4/c1-4-10-9-16-13-11(12(10)19(5-7-20)6-8-21)14(22)18(3)15(23)17(13)2/h9,20-21H,4-8H2,1-3H3. The molecule has 0 aliphatic heterocycles. The molecule has 2 rings (SSSR count). The maximum absolute atomic E-state index is 12.7. The Hall–Kier alpha value is -2.19. The van der Waals surface area contributed by atoms with Crippen LogP contribution in [0.25, 0.3) is 11.0 Å². The molecule has 0 spiro atoms. The van der Waals surface area contributed by atoms with Crippen LogP contribution in [0.4, 0.5) is 5.69 Å². The van der Waals surface area contributed by atoms with Crippen LogP contribution in [0.5, 0.6) is 0 Å². The summed E-state index contributed by atoms with van der Waals surface area (Å²) in [6.45, 7) is 2.27. The summed E-state index contributed by atoms with van der Waals surface area (Å²) in [6.07, 6.45) is 2.27. The van der Waals surface area contributed by atoms with Gasteiger partial charge < -0.3 is 15.1 Å².